The largest absolute Gasteiger partial charge is 0.392 e. The van der Waals surface area contributed by atoms with Crippen LogP contribution in [-0.2, 0) is 20.9 Å². The molecule has 1 aromatic heterocycles. The van der Waals surface area contributed by atoms with Crippen molar-refractivity contribution >= 4 is 44.9 Å². The molecule has 1 aliphatic heterocycles. The van der Waals surface area contributed by atoms with Gasteiger partial charge in [-0.2, -0.15) is 0 Å². The van der Waals surface area contributed by atoms with Crippen LogP contribution in [0.15, 0.2) is 77.1 Å². The number of anilines is 1. The average Bonchev–Trinajstić information content (AvgIpc) is 3.30. The molecular weight excluding hydrogens is 480 g/mol. The normalized spacial score (nSPS) is 20.1. The summed E-state index contributed by atoms with van der Waals surface area (Å²) in [5.74, 6) is 0.621. The molecule has 4 aromatic rings. The van der Waals surface area contributed by atoms with Crippen LogP contribution in [0.5, 0.6) is 0 Å². The van der Waals surface area contributed by atoms with Crippen molar-refractivity contribution in [1.82, 2.24) is 4.98 Å². The first-order valence-corrected chi connectivity index (χ1v) is 13.2. The first-order chi connectivity index (χ1) is 17.1. The van der Waals surface area contributed by atoms with Crippen molar-refractivity contribution in [3.8, 4) is 0 Å². The fraction of sp³-hybridized carbons (Fsp3) is 0.259. The maximum absolute atomic E-state index is 11.5. The summed E-state index contributed by atoms with van der Waals surface area (Å²) in [6.45, 7) is 1.50. The van der Waals surface area contributed by atoms with Crippen molar-refractivity contribution in [3.63, 3.8) is 0 Å². The SMILES string of the molecule is CC(=O)Nc1cccc([C@H]2O[C@@H](CSc3nc4ccccc4s3)C[C@@H](c3ccc(CO)cc3)O2)c1. The number of benzene rings is 3. The Kier molecular flexibility index (Phi) is 7.46. The van der Waals surface area contributed by atoms with E-state index in [1.165, 1.54) is 11.6 Å². The highest BCUT2D eigenvalue weighted by Gasteiger charge is 2.32. The van der Waals surface area contributed by atoms with Gasteiger partial charge in [0.1, 0.15) is 0 Å². The predicted octanol–water partition coefficient (Wildman–Crippen LogP) is 6.08. The summed E-state index contributed by atoms with van der Waals surface area (Å²) < 4.78 is 15.0. The Bertz CT molecular complexity index is 1280. The predicted molar refractivity (Wildman–Crippen MR) is 140 cm³/mol. The third-order valence-electron chi connectivity index (χ3n) is 5.76. The summed E-state index contributed by atoms with van der Waals surface area (Å²) in [5, 5.41) is 12.2. The van der Waals surface area contributed by atoms with Gasteiger partial charge in [-0.3, -0.25) is 4.79 Å². The van der Waals surface area contributed by atoms with Crippen molar-refractivity contribution in [3.05, 3.63) is 89.5 Å². The first kappa shape index (κ1) is 24.0. The Hall–Kier alpha value is -2.75. The Morgan fingerprint density at radius 3 is 2.69 bits per heavy atom. The van der Waals surface area contributed by atoms with Crippen LogP contribution in [-0.4, -0.2) is 27.9 Å². The number of amides is 1. The molecule has 3 aromatic carbocycles. The Morgan fingerprint density at radius 2 is 1.91 bits per heavy atom. The average molecular weight is 507 g/mol. The summed E-state index contributed by atoms with van der Waals surface area (Å²) in [6, 6.07) is 23.6. The molecule has 3 atom stereocenters. The third-order valence-corrected chi connectivity index (χ3v) is 8.07. The Morgan fingerprint density at radius 1 is 1.09 bits per heavy atom. The number of fused-ring (bicyclic) bond motifs is 1. The number of thiazole rings is 1. The number of aromatic nitrogens is 1. The van der Waals surface area contributed by atoms with E-state index in [-0.39, 0.29) is 24.7 Å². The Balaban J connectivity index is 1.36. The second-order valence-electron chi connectivity index (χ2n) is 8.42. The Labute approximate surface area is 212 Å². The molecule has 0 aliphatic carbocycles. The zero-order valence-electron chi connectivity index (χ0n) is 19.2. The highest BCUT2D eigenvalue weighted by molar-refractivity contribution is 8.01. The molecule has 180 valence electrons. The molecule has 0 saturated carbocycles. The highest BCUT2D eigenvalue weighted by Crippen LogP contribution is 2.40. The number of carbonyl (C=O) groups is 1. The number of para-hydroxylation sites is 1. The van der Waals surface area contributed by atoms with E-state index in [4.69, 9.17) is 14.5 Å². The molecule has 0 bridgehead atoms. The molecule has 35 heavy (non-hydrogen) atoms. The van der Waals surface area contributed by atoms with Crippen LogP contribution in [0.2, 0.25) is 0 Å². The minimum atomic E-state index is -0.569. The van der Waals surface area contributed by atoms with Crippen LogP contribution in [0.1, 0.15) is 42.4 Å². The van der Waals surface area contributed by atoms with Crippen molar-refractivity contribution in [2.24, 2.45) is 0 Å². The number of ether oxygens (including phenoxy) is 2. The van der Waals surface area contributed by atoms with Crippen molar-refractivity contribution in [2.75, 3.05) is 11.1 Å². The number of carbonyl (C=O) groups excluding carboxylic acids is 1. The van der Waals surface area contributed by atoms with Gasteiger partial charge < -0.3 is 19.9 Å². The van der Waals surface area contributed by atoms with E-state index in [0.717, 1.165) is 32.3 Å². The summed E-state index contributed by atoms with van der Waals surface area (Å²) in [5.41, 5.74) is 4.48. The fourth-order valence-corrected chi connectivity index (χ4v) is 6.18. The van der Waals surface area contributed by atoms with Gasteiger partial charge in [-0.15, -0.1) is 11.3 Å². The van der Waals surface area contributed by atoms with E-state index in [0.29, 0.717) is 12.1 Å². The number of hydrogen-bond donors (Lipinski definition) is 2. The van der Waals surface area contributed by atoms with E-state index in [2.05, 4.69) is 11.4 Å². The van der Waals surface area contributed by atoms with Gasteiger partial charge in [0.05, 0.1) is 29.0 Å². The van der Waals surface area contributed by atoms with Gasteiger partial charge in [0, 0.05) is 30.3 Å². The van der Waals surface area contributed by atoms with Crippen LogP contribution < -0.4 is 5.32 Å². The van der Waals surface area contributed by atoms with Crippen molar-refractivity contribution in [2.45, 2.75) is 42.8 Å². The monoisotopic (exact) mass is 506 g/mol. The van der Waals surface area contributed by atoms with E-state index in [1.54, 1.807) is 23.1 Å². The van der Waals surface area contributed by atoms with Gasteiger partial charge in [0.15, 0.2) is 10.6 Å². The van der Waals surface area contributed by atoms with Gasteiger partial charge >= 0.3 is 0 Å². The molecule has 0 radical (unpaired) electrons. The summed E-state index contributed by atoms with van der Waals surface area (Å²) in [7, 11) is 0. The van der Waals surface area contributed by atoms with E-state index in [1.807, 2.05) is 66.7 Å². The van der Waals surface area contributed by atoms with Gasteiger partial charge in [-0.05, 0) is 35.4 Å². The second-order valence-corrected chi connectivity index (χ2v) is 10.7. The first-order valence-electron chi connectivity index (χ1n) is 11.4. The number of nitrogens with zero attached hydrogens (tertiary/aromatic N) is 1. The zero-order chi connectivity index (χ0) is 24.2. The number of aliphatic hydroxyl groups excluding tert-OH is 1. The highest BCUT2D eigenvalue weighted by atomic mass is 32.2. The third kappa shape index (κ3) is 5.91. The quantitative estimate of drug-likeness (QED) is 0.296. The smallest absolute Gasteiger partial charge is 0.221 e. The molecule has 1 aliphatic rings. The van der Waals surface area contributed by atoms with Crippen molar-refractivity contribution < 1.29 is 19.4 Å². The molecule has 1 saturated heterocycles. The lowest BCUT2D eigenvalue weighted by Gasteiger charge is -2.36. The van der Waals surface area contributed by atoms with E-state index < -0.39 is 6.29 Å². The van der Waals surface area contributed by atoms with Crippen LogP contribution in [0.3, 0.4) is 0 Å². The fourth-order valence-electron chi connectivity index (χ4n) is 4.07. The molecule has 8 heteroatoms. The summed E-state index contributed by atoms with van der Waals surface area (Å²) in [4.78, 5) is 16.3. The minimum Gasteiger partial charge on any atom is -0.392 e. The number of nitrogens with one attached hydrogen (secondary N) is 1. The molecule has 5 rings (SSSR count). The molecule has 2 heterocycles. The van der Waals surface area contributed by atoms with Crippen LogP contribution in [0.25, 0.3) is 10.2 Å². The number of rotatable bonds is 7. The van der Waals surface area contributed by atoms with Crippen LogP contribution in [0, 0.1) is 0 Å². The molecule has 6 nitrogen and oxygen atoms in total. The lowest BCUT2D eigenvalue weighted by Crippen LogP contribution is -2.31. The maximum atomic E-state index is 11.5. The van der Waals surface area contributed by atoms with Crippen molar-refractivity contribution in [1.29, 1.82) is 0 Å². The zero-order valence-corrected chi connectivity index (χ0v) is 20.9. The molecule has 1 fully saturated rings. The molecule has 0 unspecified atom stereocenters. The number of aliphatic hydroxyl groups is 1. The second kappa shape index (κ2) is 10.9. The molecule has 0 spiro atoms. The lowest BCUT2D eigenvalue weighted by atomic mass is 10.0. The minimum absolute atomic E-state index is 0.00884. The number of thioether (sulfide) groups is 1. The molecule has 1 amide bonds. The van der Waals surface area contributed by atoms with Crippen LogP contribution in [0.4, 0.5) is 5.69 Å². The van der Waals surface area contributed by atoms with E-state index >= 15 is 0 Å². The van der Waals surface area contributed by atoms with Gasteiger partial charge in [0.25, 0.3) is 0 Å². The summed E-state index contributed by atoms with van der Waals surface area (Å²) in [6.07, 6.45) is -0.0799. The number of hydrogen-bond acceptors (Lipinski definition) is 7. The van der Waals surface area contributed by atoms with Gasteiger partial charge in [-0.25, -0.2) is 4.98 Å². The van der Waals surface area contributed by atoms with Gasteiger partial charge in [-0.1, -0.05) is 60.3 Å². The standard InChI is InChI=1S/C27H26N2O4S2/c1-17(31)28-21-6-4-5-20(13-21)26-32-22(14-24(33-26)19-11-9-18(15-30)10-12-19)16-34-27-29-23-7-2-3-8-25(23)35-27/h2-13,22,24,26,30H,14-16H2,1H3,(H,28,31)/t22-,24+,26+/m1/s1. The van der Waals surface area contributed by atoms with Gasteiger partial charge in [0.2, 0.25) is 5.91 Å². The maximum Gasteiger partial charge on any atom is 0.221 e. The lowest BCUT2D eigenvalue weighted by molar-refractivity contribution is -0.245. The van der Waals surface area contributed by atoms with Crippen LogP contribution >= 0.6 is 23.1 Å². The summed E-state index contributed by atoms with van der Waals surface area (Å²) >= 11 is 3.39. The molecular formula is C27H26N2O4S2. The molecule has 2 N–H and O–H groups in total. The topological polar surface area (TPSA) is 80.7 Å². The van der Waals surface area contributed by atoms with E-state index in [9.17, 15) is 9.90 Å².